The summed E-state index contributed by atoms with van der Waals surface area (Å²) in [5.74, 6) is 2.37. The molecule has 4 aliphatic rings. The van der Waals surface area contributed by atoms with Crippen LogP contribution in [0.2, 0.25) is 0 Å². The number of hydrogen-bond donors (Lipinski definition) is 1. The average Bonchev–Trinajstić information content (AvgIpc) is 3.18. The lowest BCUT2D eigenvalue weighted by Gasteiger charge is -2.57. The summed E-state index contributed by atoms with van der Waals surface area (Å²) in [6.07, 6.45) is 15.2. The van der Waals surface area contributed by atoms with Gasteiger partial charge in [-0.25, -0.2) is 4.98 Å². The molecule has 1 aromatic rings. The molecule has 2 saturated carbocycles. The van der Waals surface area contributed by atoms with Crippen LogP contribution in [0.4, 0.5) is 0 Å². The molecule has 0 aromatic carbocycles. The molecule has 0 unspecified atom stereocenters. The molecule has 6 atom stereocenters. The van der Waals surface area contributed by atoms with E-state index in [-0.39, 0.29) is 6.10 Å². The van der Waals surface area contributed by atoms with Gasteiger partial charge >= 0.3 is 0 Å². The van der Waals surface area contributed by atoms with Crippen LogP contribution < -0.4 is 0 Å². The second-order valence-electron chi connectivity index (χ2n) is 9.74. The molecule has 1 heterocycles. The number of hydrogen-bond acceptors (Lipinski definition) is 3. The second kappa shape index (κ2) is 5.78. The van der Waals surface area contributed by atoms with Crippen molar-refractivity contribution in [3.63, 3.8) is 0 Å². The lowest BCUT2D eigenvalue weighted by molar-refractivity contribution is -0.0238. The number of aliphatic hydroxyl groups excluding tert-OH is 1. The van der Waals surface area contributed by atoms with Gasteiger partial charge in [-0.1, -0.05) is 31.6 Å². The molecule has 0 aliphatic heterocycles. The maximum atomic E-state index is 10.2. The zero-order chi connectivity index (χ0) is 18.1. The number of rotatable bonds is 1. The number of aryl methyl sites for hydroxylation is 1. The maximum absolute atomic E-state index is 10.2. The van der Waals surface area contributed by atoms with Crippen LogP contribution in [0.1, 0.15) is 68.7 Å². The molecular formula is C23H31NOS. The van der Waals surface area contributed by atoms with E-state index in [4.69, 9.17) is 4.98 Å². The Morgan fingerprint density at radius 3 is 2.65 bits per heavy atom. The molecule has 26 heavy (non-hydrogen) atoms. The average molecular weight is 370 g/mol. The summed E-state index contributed by atoms with van der Waals surface area (Å²) < 4.78 is 0. The van der Waals surface area contributed by atoms with Gasteiger partial charge in [0.05, 0.1) is 6.10 Å². The van der Waals surface area contributed by atoms with E-state index in [1.165, 1.54) is 47.6 Å². The number of fused-ring (bicyclic) bond motifs is 5. The van der Waals surface area contributed by atoms with E-state index in [2.05, 4.69) is 32.9 Å². The highest BCUT2D eigenvalue weighted by Gasteiger charge is 2.57. The third kappa shape index (κ3) is 2.29. The predicted octanol–water partition coefficient (Wildman–Crippen LogP) is 5.77. The van der Waals surface area contributed by atoms with Crippen LogP contribution in [0, 0.1) is 35.5 Å². The molecule has 5 rings (SSSR count). The van der Waals surface area contributed by atoms with Crippen molar-refractivity contribution in [1.82, 2.24) is 4.98 Å². The topological polar surface area (TPSA) is 33.1 Å². The van der Waals surface area contributed by atoms with Gasteiger partial charge in [0.15, 0.2) is 0 Å². The summed E-state index contributed by atoms with van der Waals surface area (Å²) in [6.45, 7) is 7.20. The third-order valence-corrected chi connectivity index (χ3v) is 9.46. The number of nitrogens with zero attached hydrogens (tertiary/aromatic N) is 1. The van der Waals surface area contributed by atoms with Crippen molar-refractivity contribution in [3.05, 3.63) is 33.8 Å². The van der Waals surface area contributed by atoms with E-state index in [1.54, 1.807) is 5.57 Å². The Hall–Kier alpha value is -0.930. The number of thiazole rings is 1. The van der Waals surface area contributed by atoms with Crippen molar-refractivity contribution >= 4 is 16.9 Å². The molecule has 1 N–H and O–H groups in total. The molecule has 0 spiro atoms. The summed E-state index contributed by atoms with van der Waals surface area (Å²) in [7, 11) is 0. The van der Waals surface area contributed by atoms with Crippen LogP contribution in [0.15, 0.2) is 23.9 Å². The minimum absolute atomic E-state index is 0.104. The minimum Gasteiger partial charge on any atom is -0.393 e. The summed E-state index contributed by atoms with van der Waals surface area (Å²) >= 11 is 1.87. The van der Waals surface area contributed by atoms with Crippen molar-refractivity contribution in [3.8, 4) is 0 Å². The van der Waals surface area contributed by atoms with Crippen molar-refractivity contribution in [2.45, 2.75) is 71.8 Å². The highest BCUT2D eigenvalue weighted by Crippen LogP contribution is 2.66. The second-order valence-corrected chi connectivity index (χ2v) is 11.0. The lowest BCUT2D eigenvalue weighted by atomic mass is 9.47. The molecule has 4 aliphatic carbocycles. The Balaban J connectivity index is 1.47. The predicted molar refractivity (Wildman–Crippen MR) is 108 cm³/mol. The van der Waals surface area contributed by atoms with Gasteiger partial charge in [-0.05, 0) is 86.0 Å². The molecule has 0 bridgehead atoms. The van der Waals surface area contributed by atoms with Crippen LogP contribution in [0.3, 0.4) is 0 Å². The number of aliphatic hydroxyl groups is 1. The Morgan fingerprint density at radius 2 is 1.88 bits per heavy atom. The van der Waals surface area contributed by atoms with Crippen LogP contribution >= 0.6 is 11.3 Å². The van der Waals surface area contributed by atoms with Gasteiger partial charge in [0.2, 0.25) is 0 Å². The molecule has 3 heteroatoms. The first-order valence-corrected chi connectivity index (χ1v) is 11.2. The first-order chi connectivity index (χ1) is 12.4. The molecule has 0 radical (unpaired) electrons. The Kier molecular flexibility index (Phi) is 3.82. The van der Waals surface area contributed by atoms with E-state index in [1.807, 2.05) is 17.5 Å². The summed E-state index contributed by atoms with van der Waals surface area (Å²) in [5.41, 5.74) is 3.76. The normalized spacial score (nSPS) is 44.6. The van der Waals surface area contributed by atoms with Crippen molar-refractivity contribution < 1.29 is 5.11 Å². The molecule has 0 amide bonds. The summed E-state index contributed by atoms with van der Waals surface area (Å²) in [4.78, 5) is 6.06. The fourth-order valence-corrected chi connectivity index (χ4v) is 7.96. The Morgan fingerprint density at radius 1 is 1.08 bits per heavy atom. The zero-order valence-corrected chi connectivity index (χ0v) is 17.1. The van der Waals surface area contributed by atoms with Gasteiger partial charge in [-0.3, -0.25) is 0 Å². The van der Waals surface area contributed by atoms with Crippen LogP contribution in [0.25, 0.3) is 5.57 Å². The quantitative estimate of drug-likeness (QED) is 0.638. The standard InChI is InChI=1S/C23H31NOS/c1-14-13-24-21(26-14)20-7-6-18-17-5-4-15-12-16(25)8-10-22(15,2)19(17)9-11-23(18,20)3/h4,7,13,16-19,25H,5-6,8-12H2,1-3H3/t16-,17-,18-,19-,22-,23-/m0/s1. The van der Waals surface area contributed by atoms with Gasteiger partial charge in [0.1, 0.15) is 5.01 Å². The van der Waals surface area contributed by atoms with Crippen LogP contribution in [0.5, 0.6) is 0 Å². The minimum atomic E-state index is -0.104. The van der Waals surface area contributed by atoms with Gasteiger partial charge in [0, 0.05) is 11.1 Å². The summed E-state index contributed by atoms with van der Waals surface area (Å²) in [6, 6.07) is 0. The molecule has 2 fully saturated rings. The smallest absolute Gasteiger partial charge is 0.119 e. The van der Waals surface area contributed by atoms with E-state index in [0.29, 0.717) is 10.8 Å². The van der Waals surface area contributed by atoms with Gasteiger partial charge < -0.3 is 5.11 Å². The highest BCUT2D eigenvalue weighted by molar-refractivity contribution is 7.12. The fourth-order valence-electron chi connectivity index (χ4n) is 7.02. The Bertz CT molecular complexity index is 792. The largest absolute Gasteiger partial charge is 0.393 e. The van der Waals surface area contributed by atoms with Crippen molar-refractivity contribution in [1.29, 1.82) is 0 Å². The van der Waals surface area contributed by atoms with E-state index in [9.17, 15) is 5.11 Å². The number of allylic oxidation sites excluding steroid dienone is 3. The third-order valence-electron chi connectivity index (χ3n) is 8.51. The molecule has 140 valence electrons. The van der Waals surface area contributed by atoms with Crippen molar-refractivity contribution in [2.75, 3.05) is 0 Å². The summed E-state index contributed by atoms with van der Waals surface area (Å²) in [5, 5.41) is 11.4. The van der Waals surface area contributed by atoms with Crippen LogP contribution in [-0.4, -0.2) is 16.2 Å². The van der Waals surface area contributed by atoms with E-state index < -0.39 is 0 Å². The number of aromatic nitrogens is 1. The Labute approximate surface area is 161 Å². The molecule has 1 aromatic heterocycles. The van der Waals surface area contributed by atoms with Crippen molar-refractivity contribution in [2.24, 2.45) is 28.6 Å². The molecular weight excluding hydrogens is 338 g/mol. The maximum Gasteiger partial charge on any atom is 0.119 e. The monoisotopic (exact) mass is 369 g/mol. The van der Waals surface area contributed by atoms with Crippen LogP contribution in [-0.2, 0) is 0 Å². The van der Waals surface area contributed by atoms with E-state index >= 15 is 0 Å². The first-order valence-electron chi connectivity index (χ1n) is 10.4. The first kappa shape index (κ1) is 17.2. The molecule has 0 saturated heterocycles. The highest BCUT2D eigenvalue weighted by atomic mass is 32.1. The zero-order valence-electron chi connectivity index (χ0n) is 16.3. The SMILES string of the molecule is Cc1cnc(C2=CC[C@H]3[C@@H]4CC=C5C[C@@H](O)CC[C@]5(C)[C@H]4CC[C@]23C)s1. The van der Waals surface area contributed by atoms with Gasteiger partial charge in [-0.15, -0.1) is 11.3 Å². The van der Waals surface area contributed by atoms with Gasteiger partial charge in [0.25, 0.3) is 0 Å². The lowest BCUT2D eigenvalue weighted by Crippen LogP contribution is -2.49. The molecule has 2 nitrogen and oxygen atoms in total. The van der Waals surface area contributed by atoms with Gasteiger partial charge in [-0.2, -0.15) is 0 Å². The fraction of sp³-hybridized carbons (Fsp3) is 0.696. The van der Waals surface area contributed by atoms with E-state index in [0.717, 1.165) is 30.6 Å².